The molecular formula is C25H23N5O3S. The summed E-state index contributed by atoms with van der Waals surface area (Å²) in [5.41, 5.74) is 2.59. The standard InChI is InChI=1S/C25H23N5O3S/c1-2-29-24(20-14-9-15-21(16-20)30(32)33)27-28-25(29)34-17-22(31)26-23(18-10-5-3-6-11-18)19-12-7-4-8-13-19/h3-16,23H,2,17H2,1H3,(H,26,31). The summed E-state index contributed by atoms with van der Waals surface area (Å²) in [5, 5.41) is 23.3. The van der Waals surface area contributed by atoms with E-state index in [0.717, 1.165) is 11.1 Å². The minimum absolute atomic E-state index is 0.00963. The zero-order valence-electron chi connectivity index (χ0n) is 18.5. The highest BCUT2D eigenvalue weighted by Crippen LogP contribution is 2.27. The van der Waals surface area contributed by atoms with E-state index in [1.54, 1.807) is 12.1 Å². The fourth-order valence-electron chi connectivity index (χ4n) is 3.64. The fourth-order valence-corrected chi connectivity index (χ4v) is 4.45. The molecule has 3 aromatic carbocycles. The molecule has 0 saturated heterocycles. The van der Waals surface area contributed by atoms with Gasteiger partial charge < -0.3 is 9.88 Å². The summed E-state index contributed by atoms with van der Waals surface area (Å²) < 4.78 is 1.85. The van der Waals surface area contributed by atoms with Crippen LogP contribution in [-0.2, 0) is 11.3 Å². The number of carbonyl (C=O) groups excluding carboxylic acids is 1. The van der Waals surface area contributed by atoms with E-state index < -0.39 is 4.92 Å². The molecule has 4 aromatic rings. The van der Waals surface area contributed by atoms with Gasteiger partial charge in [-0.2, -0.15) is 0 Å². The Balaban J connectivity index is 1.49. The van der Waals surface area contributed by atoms with Gasteiger partial charge in [-0.05, 0) is 18.1 Å². The molecule has 172 valence electrons. The van der Waals surface area contributed by atoms with E-state index in [0.29, 0.717) is 23.1 Å². The summed E-state index contributed by atoms with van der Waals surface area (Å²) in [5.74, 6) is 0.550. The number of hydrogen-bond donors (Lipinski definition) is 1. The Bertz CT molecular complexity index is 1240. The summed E-state index contributed by atoms with van der Waals surface area (Å²) in [6, 6.07) is 25.7. The van der Waals surface area contributed by atoms with Gasteiger partial charge in [0, 0.05) is 24.2 Å². The molecule has 0 fully saturated rings. The van der Waals surface area contributed by atoms with Crippen molar-refractivity contribution in [2.45, 2.75) is 24.7 Å². The van der Waals surface area contributed by atoms with E-state index in [1.165, 1.54) is 23.9 Å². The van der Waals surface area contributed by atoms with Crippen LogP contribution in [0, 0.1) is 10.1 Å². The molecule has 1 N–H and O–H groups in total. The van der Waals surface area contributed by atoms with Gasteiger partial charge in [-0.15, -0.1) is 10.2 Å². The van der Waals surface area contributed by atoms with Crippen molar-refractivity contribution >= 4 is 23.4 Å². The molecule has 0 atom stereocenters. The van der Waals surface area contributed by atoms with Gasteiger partial charge in [0.25, 0.3) is 5.69 Å². The second-order valence-corrected chi connectivity index (χ2v) is 8.41. The number of aromatic nitrogens is 3. The molecular weight excluding hydrogens is 450 g/mol. The highest BCUT2D eigenvalue weighted by Gasteiger charge is 2.19. The molecule has 1 heterocycles. The van der Waals surface area contributed by atoms with Crippen LogP contribution in [0.3, 0.4) is 0 Å². The molecule has 0 bridgehead atoms. The van der Waals surface area contributed by atoms with E-state index in [2.05, 4.69) is 15.5 Å². The minimum atomic E-state index is -0.438. The maximum absolute atomic E-state index is 12.9. The van der Waals surface area contributed by atoms with Gasteiger partial charge in [0.2, 0.25) is 5.91 Å². The Labute approximate surface area is 201 Å². The van der Waals surface area contributed by atoms with E-state index in [1.807, 2.05) is 72.2 Å². The predicted octanol–water partition coefficient (Wildman–Crippen LogP) is 4.87. The topological polar surface area (TPSA) is 103 Å². The van der Waals surface area contributed by atoms with Gasteiger partial charge in [-0.25, -0.2) is 0 Å². The van der Waals surface area contributed by atoms with Gasteiger partial charge >= 0.3 is 0 Å². The van der Waals surface area contributed by atoms with Crippen LogP contribution in [0.4, 0.5) is 5.69 Å². The van der Waals surface area contributed by atoms with Crippen LogP contribution < -0.4 is 5.32 Å². The van der Waals surface area contributed by atoms with Crippen molar-refractivity contribution < 1.29 is 9.72 Å². The van der Waals surface area contributed by atoms with Crippen LogP contribution in [0.5, 0.6) is 0 Å². The van der Waals surface area contributed by atoms with Gasteiger partial charge in [0.1, 0.15) is 0 Å². The van der Waals surface area contributed by atoms with Gasteiger partial charge in [0.05, 0.1) is 16.7 Å². The second-order valence-electron chi connectivity index (χ2n) is 7.47. The van der Waals surface area contributed by atoms with Gasteiger partial charge in [-0.1, -0.05) is 84.6 Å². The lowest BCUT2D eigenvalue weighted by Gasteiger charge is -2.20. The van der Waals surface area contributed by atoms with Crippen molar-refractivity contribution in [2.24, 2.45) is 0 Å². The van der Waals surface area contributed by atoms with E-state index >= 15 is 0 Å². The lowest BCUT2D eigenvalue weighted by Crippen LogP contribution is -2.30. The van der Waals surface area contributed by atoms with Crippen molar-refractivity contribution in [3.63, 3.8) is 0 Å². The highest BCUT2D eigenvalue weighted by molar-refractivity contribution is 7.99. The Kier molecular flexibility index (Phi) is 7.34. The van der Waals surface area contributed by atoms with Crippen LogP contribution >= 0.6 is 11.8 Å². The number of nitrogens with one attached hydrogen (secondary N) is 1. The molecule has 0 radical (unpaired) electrons. The van der Waals surface area contributed by atoms with Crippen LogP contribution in [0.15, 0.2) is 90.1 Å². The van der Waals surface area contributed by atoms with Gasteiger partial charge in [-0.3, -0.25) is 14.9 Å². The molecule has 0 aliphatic heterocycles. The third-order valence-corrected chi connectivity index (χ3v) is 6.22. The summed E-state index contributed by atoms with van der Waals surface area (Å²) in [4.78, 5) is 23.6. The number of carbonyl (C=O) groups is 1. The predicted molar refractivity (Wildman–Crippen MR) is 131 cm³/mol. The number of non-ortho nitro benzene ring substituents is 1. The summed E-state index contributed by atoms with van der Waals surface area (Å²) in [6.07, 6.45) is 0. The van der Waals surface area contributed by atoms with Crippen molar-refractivity contribution in [1.29, 1.82) is 0 Å². The van der Waals surface area contributed by atoms with Crippen molar-refractivity contribution in [2.75, 3.05) is 5.75 Å². The third-order valence-electron chi connectivity index (χ3n) is 5.25. The first-order valence-corrected chi connectivity index (χ1v) is 11.8. The largest absolute Gasteiger partial charge is 0.344 e. The molecule has 1 aromatic heterocycles. The minimum Gasteiger partial charge on any atom is -0.344 e. The third kappa shape index (κ3) is 5.32. The number of thioether (sulfide) groups is 1. The van der Waals surface area contributed by atoms with Crippen molar-refractivity contribution in [1.82, 2.24) is 20.1 Å². The number of rotatable bonds is 9. The lowest BCUT2D eigenvalue weighted by molar-refractivity contribution is -0.384. The number of nitrogens with zero attached hydrogens (tertiary/aromatic N) is 4. The first-order valence-electron chi connectivity index (χ1n) is 10.8. The molecule has 0 saturated carbocycles. The molecule has 4 rings (SSSR count). The fraction of sp³-hybridized carbons (Fsp3) is 0.160. The Morgan fingerprint density at radius 2 is 1.65 bits per heavy atom. The number of nitro benzene ring substituents is 1. The van der Waals surface area contributed by atoms with E-state index in [-0.39, 0.29) is 23.4 Å². The quantitative estimate of drug-likeness (QED) is 0.211. The Morgan fingerprint density at radius 3 is 2.24 bits per heavy atom. The average molecular weight is 474 g/mol. The summed E-state index contributed by atoms with van der Waals surface area (Å²) in [6.45, 7) is 2.50. The average Bonchev–Trinajstić information content (AvgIpc) is 3.30. The number of hydrogen-bond acceptors (Lipinski definition) is 6. The normalized spacial score (nSPS) is 10.9. The molecule has 0 aliphatic carbocycles. The number of amides is 1. The number of benzene rings is 3. The zero-order chi connectivity index (χ0) is 23.9. The van der Waals surface area contributed by atoms with Gasteiger partial charge in [0.15, 0.2) is 11.0 Å². The van der Waals surface area contributed by atoms with Crippen LogP contribution in [0.2, 0.25) is 0 Å². The van der Waals surface area contributed by atoms with Crippen molar-refractivity contribution in [3.05, 3.63) is 106 Å². The van der Waals surface area contributed by atoms with Crippen molar-refractivity contribution in [3.8, 4) is 11.4 Å². The highest BCUT2D eigenvalue weighted by atomic mass is 32.2. The Morgan fingerprint density at radius 1 is 1.00 bits per heavy atom. The molecule has 1 amide bonds. The van der Waals surface area contributed by atoms with Crippen LogP contribution in [-0.4, -0.2) is 31.3 Å². The molecule has 0 unspecified atom stereocenters. The lowest BCUT2D eigenvalue weighted by atomic mass is 9.99. The zero-order valence-corrected chi connectivity index (χ0v) is 19.3. The Hall–Kier alpha value is -3.98. The molecule has 9 heteroatoms. The molecule has 34 heavy (non-hydrogen) atoms. The van der Waals surface area contributed by atoms with Crippen LogP contribution in [0.25, 0.3) is 11.4 Å². The van der Waals surface area contributed by atoms with E-state index in [9.17, 15) is 14.9 Å². The molecule has 8 nitrogen and oxygen atoms in total. The smallest absolute Gasteiger partial charge is 0.270 e. The maximum Gasteiger partial charge on any atom is 0.270 e. The first-order chi connectivity index (χ1) is 16.6. The first kappa shape index (κ1) is 23.2. The van der Waals surface area contributed by atoms with E-state index in [4.69, 9.17) is 0 Å². The summed E-state index contributed by atoms with van der Waals surface area (Å²) in [7, 11) is 0. The second kappa shape index (κ2) is 10.8. The maximum atomic E-state index is 12.9. The SMILES string of the molecule is CCn1c(SCC(=O)NC(c2ccccc2)c2ccccc2)nnc1-c1cccc([N+](=O)[O-])c1. The molecule has 0 spiro atoms. The monoisotopic (exact) mass is 473 g/mol. The van der Waals surface area contributed by atoms with Crippen LogP contribution in [0.1, 0.15) is 24.1 Å². The number of nitro groups is 1. The molecule has 0 aliphatic rings. The summed E-state index contributed by atoms with van der Waals surface area (Å²) >= 11 is 1.28.